The fourth-order valence-corrected chi connectivity index (χ4v) is 7.21. The molecule has 248 valence electrons. The summed E-state index contributed by atoms with van der Waals surface area (Å²) in [4.78, 5) is 15.6. The number of hydrogen-bond donors (Lipinski definition) is 0. The third-order valence-electron chi connectivity index (χ3n) is 9.94. The van der Waals surface area contributed by atoms with Gasteiger partial charge < -0.3 is 4.42 Å². The van der Waals surface area contributed by atoms with Gasteiger partial charge in [-0.25, -0.2) is 15.0 Å². The van der Waals surface area contributed by atoms with E-state index in [2.05, 4.69) is 158 Å². The van der Waals surface area contributed by atoms with Gasteiger partial charge in [-0.3, -0.25) is 0 Å². The van der Waals surface area contributed by atoms with Crippen molar-refractivity contribution in [3.63, 3.8) is 0 Å². The zero-order valence-corrected chi connectivity index (χ0v) is 28.6. The van der Waals surface area contributed by atoms with E-state index in [9.17, 15) is 0 Å². The Morgan fingerprint density at radius 1 is 0.302 bits per heavy atom. The predicted molar refractivity (Wildman–Crippen MR) is 217 cm³/mol. The standard InChI is InChI=1S/C49H31N3O/c1-3-11-32(12-4-1)35-19-24-37(25-20-35)47-50-48(38-26-21-36(22-27-38)33-13-5-2-6-14-33)52-49(51-47)43-30-41(40-28-23-34-15-7-8-16-39(34)29-40)31-45-46(43)42-17-9-10-18-44(42)53-45/h1-31H. The van der Waals surface area contributed by atoms with Crippen molar-refractivity contribution in [2.45, 2.75) is 0 Å². The van der Waals surface area contributed by atoms with Crippen LogP contribution in [0.5, 0.6) is 0 Å². The lowest BCUT2D eigenvalue weighted by Gasteiger charge is -2.12. The van der Waals surface area contributed by atoms with E-state index in [-0.39, 0.29) is 0 Å². The van der Waals surface area contributed by atoms with E-state index in [4.69, 9.17) is 19.4 Å². The van der Waals surface area contributed by atoms with Crippen LogP contribution in [-0.2, 0) is 0 Å². The van der Waals surface area contributed by atoms with Crippen LogP contribution in [-0.4, -0.2) is 15.0 Å². The molecule has 0 aliphatic carbocycles. The molecule has 0 amide bonds. The fraction of sp³-hybridized carbons (Fsp3) is 0. The molecule has 4 heteroatoms. The topological polar surface area (TPSA) is 51.8 Å². The predicted octanol–water partition coefficient (Wildman–Crippen LogP) is 12.9. The van der Waals surface area contributed by atoms with Gasteiger partial charge in [0.05, 0.1) is 0 Å². The zero-order chi connectivity index (χ0) is 35.1. The molecule has 0 saturated carbocycles. The van der Waals surface area contributed by atoms with E-state index in [1.54, 1.807) is 0 Å². The average molecular weight is 678 g/mol. The van der Waals surface area contributed by atoms with Crippen molar-refractivity contribution in [3.8, 4) is 67.5 Å². The van der Waals surface area contributed by atoms with Gasteiger partial charge in [-0.1, -0.05) is 164 Å². The molecule has 10 rings (SSSR count). The van der Waals surface area contributed by atoms with Crippen molar-refractivity contribution >= 4 is 32.7 Å². The smallest absolute Gasteiger partial charge is 0.164 e. The monoisotopic (exact) mass is 677 g/mol. The fourth-order valence-electron chi connectivity index (χ4n) is 7.21. The van der Waals surface area contributed by atoms with Gasteiger partial charge in [0.25, 0.3) is 0 Å². The van der Waals surface area contributed by atoms with Gasteiger partial charge >= 0.3 is 0 Å². The van der Waals surface area contributed by atoms with E-state index in [1.165, 1.54) is 10.8 Å². The zero-order valence-electron chi connectivity index (χ0n) is 28.6. The van der Waals surface area contributed by atoms with Crippen LogP contribution in [0.3, 0.4) is 0 Å². The first kappa shape index (κ1) is 30.6. The molecule has 2 heterocycles. The number of furan rings is 1. The molecule has 0 fully saturated rings. The largest absolute Gasteiger partial charge is 0.456 e. The molecule has 4 nitrogen and oxygen atoms in total. The molecule has 2 aromatic heterocycles. The van der Waals surface area contributed by atoms with Crippen molar-refractivity contribution < 1.29 is 4.42 Å². The van der Waals surface area contributed by atoms with E-state index >= 15 is 0 Å². The van der Waals surface area contributed by atoms with E-state index in [0.717, 1.165) is 72.0 Å². The van der Waals surface area contributed by atoms with Crippen LogP contribution in [0.15, 0.2) is 192 Å². The number of aromatic nitrogens is 3. The molecule has 10 aromatic rings. The van der Waals surface area contributed by atoms with Crippen molar-refractivity contribution in [3.05, 3.63) is 188 Å². The van der Waals surface area contributed by atoms with Gasteiger partial charge in [-0.2, -0.15) is 0 Å². The lowest BCUT2D eigenvalue weighted by molar-refractivity contribution is 0.669. The third-order valence-corrected chi connectivity index (χ3v) is 9.94. The summed E-state index contributed by atoms with van der Waals surface area (Å²) in [5.41, 5.74) is 11.0. The van der Waals surface area contributed by atoms with Gasteiger partial charge in [0.15, 0.2) is 17.5 Å². The molecule has 0 aliphatic rings. The molecule has 8 aromatic carbocycles. The van der Waals surface area contributed by atoms with Crippen molar-refractivity contribution in [2.75, 3.05) is 0 Å². The SMILES string of the molecule is c1ccc(-c2ccc(-c3nc(-c4ccc(-c5ccccc5)cc4)nc(-c4cc(-c5ccc6ccccc6c5)cc5oc6ccccc6c45)n3)cc2)cc1. The van der Waals surface area contributed by atoms with Gasteiger partial charge in [-0.05, 0) is 68.4 Å². The summed E-state index contributed by atoms with van der Waals surface area (Å²) >= 11 is 0. The Kier molecular flexibility index (Phi) is 7.43. The van der Waals surface area contributed by atoms with E-state index in [1.807, 2.05) is 30.3 Å². The molecule has 0 bridgehead atoms. The minimum atomic E-state index is 0.587. The van der Waals surface area contributed by atoms with Crippen LogP contribution in [0.1, 0.15) is 0 Å². The summed E-state index contributed by atoms with van der Waals surface area (Å²) in [5, 5.41) is 4.38. The van der Waals surface area contributed by atoms with Crippen molar-refractivity contribution in [2.24, 2.45) is 0 Å². The number of para-hydroxylation sites is 1. The summed E-state index contributed by atoms with van der Waals surface area (Å²) in [5.74, 6) is 1.80. The normalized spacial score (nSPS) is 11.4. The Morgan fingerprint density at radius 2 is 0.792 bits per heavy atom. The molecule has 0 aliphatic heterocycles. The third kappa shape index (κ3) is 5.73. The average Bonchev–Trinajstić information content (AvgIpc) is 3.62. The summed E-state index contributed by atoms with van der Waals surface area (Å²) < 4.78 is 6.53. The Hall–Kier alpha value is -7.17. The first-order valence-electron chi connectivity index (χ1n) is 17.8. The first-order valence-corrected chi connectivity index (χ1v) is 17.8. The molecular formula is C49H31N3O. The van der Waals surface area contributed by atoms with Crippen molar-refractivity contribution in [1.82, 2.24) is 15.0 Å². The summed E-state index contributed by atoms with van der Waals surface area (Å²) in [7, 11) is 0. The molecule has 53 heavy (non-hydrogen) atoms. The molecule has 0 atom stereocenters. The van der Waals surface area contributed by atoms with Gasteiger partial charge in [0.1, 0.15) is 11.2 Å². The quantitative estimate of drug-likeness (QED) is 0.176. The minimum Gasteiger partial charge on any atom is -0.456 e. The number of benzene rings is 8. The lowest BCUT2D eigenvalue weighted by Crippen LogP contribution is -2.01. The molecule has 0 unspecified atom stereocenters. The Bertz CT molecular complexity index is 2810. The van der Waals surface area contributed by atoms with Crippen LogP contribution in [0, 0.1) is 0 Å². The molecule has 0 saturated heterocycles. The van der Waals surface area contributed by atoms with Gasteiger partial charge in [-0.15, -0.1) is 0 Å². The Balaban J connectivity index is 1.18. The Labute approximate surface area is 306 Å². The van der Waals surface area contributed by atoms with Crippen molar-refractivity contribution in [1.29, 1.82) is 0 Å². The van der Waals surface area contributed by atoms with Crippen LogP contribution in [0.25, 0.3) is 100 Å². The second kappa shape index (κ2) is 12.9. The van der Waals surface area contributed by atoms with Crippen LogP contribution >= 0.6 is 0 Å². The molecular weight excluding hydrogens is 647 g/mol. The number of hydrogen-bond acceptors (Lipinski definition) is 4. The minimum absolute atomic E-state index is 0.587. The highest BCUT2D eigenvalue weighted by molar-refractivity contribution is 6.13. The van der Waals surface area contributed by atoms with Crippen LogP contribution in [0.2, 0.25) is 0 Å². The maximum absolute atomic E-state index is 6.53. The number of nitrogens with zero attached hydrogens (tertiary/aromatic N) is 3. The highest BCUT2D eigenvalue weighted by Crippen LogP contribution is 2.40. The summed E-state index contributed by atoms with van der Waals surface area (Å²) in [6.45, 7) is 0. The van der Waals surface area contributed by atoms with Crippen LogP contribution < -0.4 is 0 Å². The number of rotatable bonds is 6. The summed E-state index contributed by atoms with van der Waals surface area (Å²) in [6, 6.07) is 65.2. The maximum atomic E-state index is 6.53. The Morgan fingerprint density at radius 3 is 1.43 bits per heavy atom. The maximum Gasteiger partial charge on any atom is 0.164 e. The first-order chi connectivity index (χ1) is 26.2. The van der Waals surface area contributed by atoms with E-state index < -0.39 is 0 Å². The summed E-state index contributed by atoms with van der Waals surface area (Å²) in [6.07, 6.45) is 0. The van der Waals surface area contributed by atoms with Crippen LogP contribution in [0.4, 0.5) is 0 Å². The van der Waals surface area contributed by atoms with Gasteiger partial charge in [0.2, 0.25) is 0 Å². The molecule has 0 N–H and O–H groups in total. The second-order valence-electron chi connectivity index (χ2n) is 13.3. The molecule has 0 spiro atoms. The molecule has 0 radical (unpaired) electrons. The lowest BCUT2D eigenvalue weighted by atomic mass is 9.96. The van der Waals surface area contributed by atoms with Gasteiger partial charge in [0, 0.05) is 27.5 Å². The highest BCUT2D eigenvalue weighted by Gasteiger charge is 2.20. The van der Waals surface area contributed by atoms with E-state index in [0.29, 0.717) is 17.5 Å². The highest BCUT2D eigenvalue weighted by atomic mass is 16.3. The number of fused-ring (bicyclic) bond motifs is 4. The second-order valence-corrected chi connectivity index (χ2v) is 13.3.